The Kier molecular flexibility index (Phi) is 17.9. The molecule has 3 aliphatic rings. The third-order valence-electron chi connectivity index (χ3n) is 10.9. The molecule has 21 heteroatoms. The first-order chi connectivity index (χ1) is 28.7. The van der Waals surface area contributed by atoms with Crippen molar-refractivity contribution in [2.45, 2.75) is 126 Å². The molecule has 0 aromatic heterocycles. The molecule has 4 rings (SSSR count). The number of ether oxygens (including phenoxy) is 7. The van der Waals surface area contributed by atoms with Crippen LogP contribution in [-0.2, 0) is 38.0 Å². The van der Waals surface area contributed by atoms with Gasteiger partial charge >= 0.3 is 12.1 Å². The van der Waals surface area contributed by atoms with Gasteiger partial charge in [0.1, 0.15) is 42.2 Å². The molecule has 344 valence electrons. The van der Waals surface area contributed by atoms with Gasteiger partial charge in [0.15, 0.2) is 18.7 Å². The number of aliphatic hydroxyl groups is 5. The molecule has 2 saturated heterocycles. The Bertz CT molecular complexity index is 1630. The molecule has 2 aliphatic heterocycles. The Labute approximate surface area is 354 Å². The van der Waals surface area contributed by atoms with Crippen LogP contribution in [0.3, 0.4) is 0 Å². The summed E-state index contributed by atoms with van der Waals surface area (Å²) in [5, 5.41) is 71.1. The predicted octanol–water partition coefficient (Wildman–Crippen LogP) is -0.845. The van der Waals surface area contributed by atoms with Gasteiger partial charge in [-0.25, -0.2) is 9.59 Å². The number of benzene rings is 1. The summed E-state index contributed by atoms with van der Waals surface area (Å²) in [6.07, 6.45) is -13.4. The molecular formula is C40H64N6O15. The lowest BCUT2D eigenvalue weighted by atomic mass is 9.76. The average molecular weight is 869 g/mol. The summed E-state index contributed by atoms with van der Waals surface area (Å²) in [5.74, 6) is -0.712. The maximum Gasteiger partial charge on any atom is 0.404 e. The first kappa shape index (κ1) is 49.8. The Morgan fingerprint density at radius 3 is 2.20 bits per heavy atom. The highest BCUT2D eigenvalue weighted by molar-refractivity contribution is 6.29. The molecule has 1 aromatic carbocycles. The molecule has 12 N–H and O–H groups in total. The summed E-state index contributed by atoms with van der Waals surface area (Å²) in [6, 6.07) is 6.71. The van der Waals surface area contributed by atoms with E-state index in [9.17, 15) is 39.9 Å². The Morgan fingerprint density at radius 1 is 0.934 bits per heavy atom. The minimum absolute atomic E-state index is 0.00373. The van der Waals surface area contributed by atoms with Gasteiger partial charge in [0.25, 0.3) is 0 Å². The standard InChI is InChI=1S/C40H64N6O15/c1-39(2,20-40(3,4)61-34(52)22-6-8-25(9-7-22)46(5)18-24(43)17-41)37(53)45-10-11-55-12-13-56-36-33(30(50)28(48)26(57-36)16-21-14-23(42)15-21)59-35-31(51)32(60-38(44)54)29(49)27(19-47)58-35/h6-9,17,21,23,26-33,35-36,41,43,47-51H,10-16,18-20,42H2,1-5H3,(H2,44,54)(H,45,53)/t21?,23?,26-,27+,28+,29+,30-,31-,32-,33-,35+,36?/m0/s1. The van der Waals surface area contributed by atoms with Gasteiger partial charge in [0.2, 0.25) is 5.91 Å². The van der Waals surface area contributed by atoms with Gasteiger partial charge in [-0.05, 0) is 63.3 Å². The second-order valence-electron chi connectivity index (χ2n) is 17.1. The zero-order valence-corrected chi connectivity index (χ0v) is 35.3. The summed E-state index contributed by atoms with van der Waals surface area (Å²) in [4.78, 5) is 39.5. The lowest BCUT2D eigenvalue weighted by molar-refractivity contribution is -0.367. The molecule has 61 heavy (non-hydrogen) atoms. The second kappa shape index (κ2) is 22.0. The van der Waals surface area contributed by atoms with E-state index < -0.39 is 91.1 Å². The van der Waals surface area contributed by atoms with Crippen LogP contribution >= 0.6 is 0 Å². The van der Waals surface area contributed by atoms with Crippen molar-refractivity contribution in [1.29, 1.82) is 10.8 Å². The van der Waals surface area contributed by atoms with Gasteiger partial charge in [0, 0.05) is 43.4 Å². The summed E-state index contributed by atoms with van der Waals surface area (Å²) in [6.45, 7) is 6.50. The summed E-state index contributed by atoms with van der Waals surface area (Å²) >= 11 is 0. The fraction of sp³-hybridized carbons (Fsp3) is 0.725. The lowest BCUT2D eigenvalue weighted by Gasteiger charge is -2.47. The van der Waals surface area contributed by atoms with Gasteiger partial charge in [-0.1, -0.05) is 13.8 Å². The molecule has 3 fully saturated rings. The van der Waals surface area contributed by atoms with Crippen molar-refractivity contribution in [2.24, 2.45) is 22.8 Å². The number of nitrogens with two attached hydrogens (primary N) is 2. The number of carbonyl (C=O) groups is 3. The summed E-state index contributed by atoms with van der Waals surface area (Å²) < 4.78 is 39.7. The van der Waals surface area contributed by atoms with Crippen LogP contribution in [0.4, 0.5) is 10.5 Å². The highest BCUT2D eigenvalue weighted by Gasteiger charge is 2.53. The highest BCUT2D eigenvalue weighted by Crippen LogP contribution is 2.37. The van der Waals surface area contributed by atoms with Gasteiger partial charge in [-0.3, -0.25) is 4.79 Å². The summed E-state index contributed by atoms with van der Waals surface area (Å²) in [5.41, 5.74) is 10.3. The number of carbonyl (C=O) groups excluding carboxylic acids is 3. The molecule has 2 amide bonds. The van der Waals surface area contributed by atoms with Gasteiger partial charge in [0.05, 0.1) is 50.4 Å². The van der Waals surface area contributed by atoms with Crippen molar-refractivity contribution in [3.63, 3.8) is 0 Å². The maximum atomic E-state index is 13.2. The van der Waals surface area contributed by atoms with Crippen LogP contribution in [-0.4, -0.2) is 175 Å². The number of nitrogens with zero attached hydrogens (tertiary/aromatic N) is 1. The van der Waals surface area contributed by atoms with Crippen LogP contribution in [0.5, 0.6) is 0 Å². The minimum atomic E-state index is -1.84. The van der Waals surface area contributed by atoms with E-state index in [4.69, 9.17) is 55.4 Å². The van der Waals surface area contributed by atoms with E-state index in [0.29, 0.717) is 24.8 Å². The van der Waals surface area contributed by atoms with Crippen molar-refractivity contribution in [2.75, 3.05) is 51.5 Å². The minimum Gasteiger partial charge on any atom is -0.456 e. The zero-order chi connectivity index (χ0) is 45.2. The molecule has 1 aromatic rings. The monoisotopic (exact) mass is 868 g/mol. The normalized spacial score (nSPS) is 30.4. The third-order valence-corrected chi connectivity index (χ3v) is 10.9. The quantitative estimate of drug-likeness (QED) is 0.0386. The van der Waals surface area contributed by atoms with E-state index in [2.05, 4.69) is 5.32 Å². The fourth-order valence-electron chi connectivity index (χ4n) is 7.82. The van der Waals surface area contributed by atoms with Crippen LogP contribution in [0.15, 0.2) is 24.3 Å². The number of hydrogen-bond donors (Lipinski definition) is 10. The average Bonchev–Trinajstić information content (AvgIpc) is 3.18. The van der Waals surface area contributed by atoms with Crippen LogP contribution in [0.2, 0.25) is 0 Å². The van der Waals surface area contributed by atoms with Crippen molar-refractivity contribution < 1.29 is 73.1 Å². The molecule has 10 atom stereocenters. The molecule has 2 heterocycles. The number of anilines is 1. The first-order valence-corrected chi connectivity index (χ1v) is 20.3. The lowest BCUT2D eigenvalue weighted by Crippen LogP contribution is -2.65. The molecular weight excluding hydrogens is 804 g/mol. The Morgan fingerprint density at radius 2 is 1.59 bits per heavy atom. The molecule has 0 spiro atoms. The molecule has 1 saturated carbocycles. The number of primary amides is 1. The van der Waals surface area contributed by atoms with E-state index in [-0.39, 0.29) is 62.9 Å². The van der Waals surface area contributed by atoms with E-state index in [1.807, 2.05) is 0 Å². The predicted molar refractivity (Wildman–Crippen MR) is 217 cm³/mol. The van der Waals surface area contributed by atoms with Crippen molar-refractivity contribution in [3.8, 4) is 0 Å². The number of aliphatic hydroxyl groups excluding tert-OH is 5. The van der Waals surface area contributed by atoms with Crippen LogP contribution in [0.1, 0.15) is 63.7 Å². The molecule has 1 aliphatic carbocycles. The Hall–Kier alpha value is -3.87. The zero-order valence-electron chi connectivity index (χ0n) is 35.3. The van der Waals surface area contributed by atoms with Crippen molar-refractivity contribution >= 4 is 35.6 Å². The third kappa shape index (κ3) is 13.8. The number of rotatable bonds is 22. The van der Waals surface area contributed by atoms with Gasteiger partial charge in [-0.2, -0.15) is 0 Å². The molecule has 0 bridgehead atoms. The van der Waals surface area contributed by atoms with E-state index in [1.54, 1.807) is 63.9 Å². The van der Waals surface area contributed by atoms with Crippen molar-refractivity contribution in [3.05, 3.63) is 29.8 Å². The van der Waals surface area contributed by atoms with Crippen LogP contribution in [0, 0.1) is 22.2 Å². The summed E-state index contributed by atoms with van der Waals surface area (Å²) in [7, 11) is 1.78. The SMILES string of the molecule is CN(CC(=N)C=N)c1ccc(C(=O)OC(C)(C)CC(C)(C)C(=O)NCCOCCOC2O[C@@H](CC3CC(N)C3)[C@@H](O)[C@H](O)[C@@H]2O[C@H]2O[C@H](CO)[C@@H](O)[C@H](OC(N)=O)[C@@H]2O)cc1. The number of amides is 2. The van der Waals surface area contributed by atoms with Gasteiger partial charge < -0.3 is 91.2 Å². The van der Waals surface area contributed by atoms with E-state index in [0.717, 1.165) is 11.9 Å². The van der Waals surface area contributed by atoms with Gasteiger partial charge in [-0.15, -0.1) is 0 Å². The smallest absolute Gasteiger partial charge is 0.404 e. The highest BCUT2D eigenvalue weighted by atomic mass is 16.8. The van der Waals surface area contributed by atoms with Crippen LogP contribution < -0.4 is 21.7 Å². The largest absolute Gasteiger partial charge is 0.456 e. The Balaban J connectivity index is 1.26. The molecule has 1 unspecified atom stereocenters. The topological polar surface area (TPSA) is 332 Å². The van der Waals surface area contributed by atoms with Crippen LogP contribution in [0.25, 0.3) is 0 Å². The maximum absolute atomic E-state index is 13.2. The molecule has 0 radical (unpaired) electrons. The fourth-order valence-corrected chi connectivity index (χ4v) is 7.82. The first-order valence-electron chi connectivity index (χ1n) is 20.3. The van der Waals surface area contributed by atoms with E-state index in [1.165, 1.54) is 0 Å². The van der Waals surface area contributed by atoms with E-state index >= 15 is 0 Å². The number of hydrogen-bond acceptors (Lipinski definition) is 19. The number of nitrogens with one attached hydrogen (secondary N) is 3. The molecule has 21 nitrogen and oxygen atoms in total. The number of esters is 1. The second-order valence-corrected chi connectivity index (χ2v) is 17.1. The van der Waals surface area contributed by atoms with Crippen molar-refractivity contribution in [1.82, 2.24) is 5.32 Å².